The van der Waals surface area contributed by atoms with E-state index in [0.717, 1.165) is 24.8 Å². The van der Waals surface area contributed by atoms with E-state index in [1.807, 2.05) is 24.3 Å². The second-order valence-electron chi connectivity index (χ2n) is 5.70. The van der Waals surface area contributed by atoms with Crippen LogP contribution in [0.3, 0.4) is 0 Å². The van der Waals surface area contributed by atoms with Crippen molar-refractivity contribution in [2.45, 2.75) is 43.6 Å². The Morgan fingerprint density at radius 3 is 2.27 bits per heavy atom. The minimum absolute atomic E-state index is 0.238. The molecule has 0 saturated heterocycles. The van der Waals surface area contributed by atoms with E-state index in [9.17, 15) is 13.0 Å². The molecule has 0 amide bonds. The van der Waals surface area contributed by atoms with E-state index in [1.165, 1.54) is 0 Å². The van der Waals surface area contributed by atoms with Gasteiger partial charge in [-0.2, -0.15) is 8.42 Å². The lowest BCUT2D eigenvalue weighted by Gasteiger charge is -2.41. The standard InChI is InChI=1S/C15H23NO5S/c1-20-13-7-5-12(6-8-13)14(11-16)15(21-22(17,18)19)9-3-2-4-10-15/h5-8,14H,2-4,9-11,16H2,1H3,(H,17,18,19). The number of benzene rings is 1. The van der Waals surface area contributed by atoms with Crippen molar-refractivity contribution in [3.8, 4) is 5.75 Å². The van der Waals surface area contributed by atoms with Crippen LogP contribution in [0.15, 0.2) is 24.3 Å². The van der Waals surface area contributed by atoms with Crippen LogP contribution in [-0.2, 0) is 14.6 Å². The van der Waals surface area contributed by atoms with Crippen LogP contribution < -0.4 is 10.5 Å². The number of hydrogen-bond donors (Lipinski definition) is 2. The molecule has 2 rings (SSSR count). The van der Waals surface area contributed by atoms with Gasteiger partial charge in [0.25, 0.3) is 0 Å². The fourth-order valence-electron chi connectivity index (χ4n) is 3.34. The molecule has 22 heavy (non-hydrogen) atoms. The molecule has 1 saturated carbocycles. The van der Waals surface area contributed by atoms with Gasteiger partial charge in [0.1, 0.15) is 5.75 Å². The third-order valence-corrected chi connectivity index (χ3v) is 4.90. The summed E-state index contributed by atoms with van der Waals surface area (Å²) in [7, 11) is -2.96. The highest BCUT2D eigenvalue weighted by Crippen LogP contribution is 2.43. The van der Waals surface area contributed by atoms with Crippen LogP contribution in [0.25, 0.3) is 0 Å². The van der Waals surface area contributed by atoms with E-state index in [2.05, 4.69) is 0 Å². The fourth-order valence-corrected chi connectivity index (χ4v) is 4.04. The van der Waals surface area contributed by atoms with Crippen LogP contribution >= 0.6 is 0 Å². The summed E-state index contributed by atoms with van der Waals surface area (Å²) in [4.78, 5) is 0. The zero-order chi connectivity index (χ0) is 16.2. The van der Waals surface area contributed by atoms with Crippen molar-refractivity contribution in [3.63, 3.8) is 0 Å². The molecular weight excluding hydrogens is 306 g/mol. The average Bonchev–Trinajstić information content (AvgIpc) is 2.47. The first kappa shape index (κ1) is 17.2. The van der Waals surface area contributed by atoms with Gasteiger partial charge in [-0.15, -0.1) is 0 Å². The summed E-state index contributed by atoms with van der Waals surface area (Å²) < 4.78 is 42.1. The largest absolute Gasteiger partial charge is 0.497 e. The summed E-state index contributed by atoms with van der Waals surface area (Å²) in [5.74, 6) is 0.411. The zero-order valence-corrected chi connectivity index (χ0v) is 13.5. The SMILES string of the molecule is COc1ccc(C(CN)C2(OS(=O)(=O)O)CCCCC2)cc1. The number of methoxy groups -OCH3 is 1. The van der Waals surface area contributed by atoms with Crippen LogP contribution in [0, 0.1) is 0 Å². The van der Waals surface area contributed by atoms with Gasteiger partial charge in [0.2, 0.25) is 0 Å². The molecule has 3 N–H and O–H groups in total. The quantitative estimate of drug-likeness (QED) is 0.777. The van der Waals surface area contributed by atoms with E-state index in [4.69, 9.17) is 14.7 Å². The lowest BCUT2D eigenvalue weighted by molar-refractivity contribution is 0.00235. The Morgan fingerprint density at radius 1 is 1.23 bits per heavy atom. The van der Waals surface area contributed by atoms with Crippen LogP contribution in [0.1, 0.15) is 43.6 Å². The van der Waals surface area contributed by atoms with Gasteiger partial charge in [-0.1, -0.05) is 31.4 Å². The monoisotopic (exact) mass is 329 g/mol. The summed E-state index contributed by atoms with van der Waals surface area (Å²) in [6.45, 7) is 0.238. The maximum absolute atomic E-state index is 11.3. The van der Waals surface area contributed by atoms with E-state index < -0.39 is 16.0 Å². The first-order valence-corrected chi connectivity index (χ1v) is 8.79. The minimum atomic E-state index is -4.54. The third kappa shape index (κ3) is 3.98. The number of rotatable bonds is 6. The lowest BCUT2D eigenvalue weighted by Crippen LogP contribution is -2.45. The van der Waals surface area contributed by atoms with E-state index >= 15 is 0 Å². The van der Waals surface area contributed by atoms with Gasteiger partial charge in [0, 0.05) is 12.5 Å². The Labute approximate surface area is 131 Å². The zero-order valence-electron chi connectivity index (χ0n) is 12.7. The van der Waals surface area contributed by atoms with Crippen molar-refractivity contribution in [2.75, 3.05) is 13.7 Å². The molecule has 0 heterocycles. The second-order valence-corrected chi connectivity index (χ2v) is 6.72. The van der Waals surface area contributed by atoms with Gasteiger partial charge in [0.15, 0.2) is 0 Å². The Bertz CT molecular complexity index is 578. The summed E-state index contributed by atoms with van der Waals surface area (Å²) >= 11 is 0. The molecule has 0 aromatic heterocycles. The molecule has 1 atom stereocenters. The molecule has 124 valence electrons. The number of nitrogens with two attached hydrogens (primary N) is 1. The lowest BCUT2D eigenvalue weighted by atomic mass is 9.73. The van der Waals surface area contributed by atoms with E-state index in [-0.39, 0.29) is 12.5 Å². The van der Waals surface area contributed by atoms with E-state index in [1.54, 1.807) is 7.11 Å². The molecule has 0 bridgehead atoms. The van der Waals surface area contributed by atoms with Gasteiger partial charge in [0.05, 0.1) is 12.7 Å². The average molecular weight is 329 g/mol. The predicted molar refractivity (Wildman–Crippen MR) is 83.2 cm³/mol. The summed E-state index contributed by atoms with van der Waals surface area (Å²) in [6.07, 6.45) is 3.84. The molecule has 1 fully saturated rings. The maximum atomic E-state index is 11.3. The molecule has 0 aliphatic heterocycles. The van der Waals surface area contributed by atoms with Crippen LogP contribution in [-0.4, -0.2) is 32.2 Å². The molecule has 6 nitrogen and oxygen atoms in total. The Morgan fingerprint density at radius 2 is 1.82 bits per heavy atom. The number of ether oxygens (including phenoxy) is 1. The van der Waals surface area contributed by atoms with Crippen LogP contribution in [0.4, 0.5) is 0 Å². The van der Waals surface area contributed by atoms with Crippen LogP contribution in [0.2, 0.25) is 0 Å². The van der Waals surface area contributed by atoms with Crippen molar-refractivity contribution < 1.29 is 21.9 Å². The molecule has 1 aromatic rings. The molecule has 1 aliphatic rings. The van der Waals surface area contributed by atoms with Gasteiger partial charge in [-0.25, -0.2) is 4.18 Å². The minimum Gasteiger partial charge on any atom is -0.497 e. The molecular formula is C15H23NO5S. The maximum Gasteiger partial charge on any atom is 0.397 e. The Hall–Kier alpha value is -1.15. The van der Waals surface area contributed by atoms with Crippen molar-refractivity contribution in [2.24, 2.45) is 5.73 Å². The summed E-state index contributed by atoms with van der Waals surface area (Å²) in [5, 5.41) is 0. The second kappa shape index (κ2) is 6.95. The number of hydrogen-bond acceptors (Lipinski definition) is 5. The summed E-state index contributed by atoms with van der Waals surface area (Å²) in [6, 6.07) is 7.34. The predicted octanol–water partition coefficient (Wildman–Crippen LogP) is 2.26. The van der Waals surface area contributed by atoms with Crippen molar-refractivity contribution >= 4 is 10.4 Å². The van der Waals surface area contributed by atoms with E-state index in [0.29, 0.717) is 18.6 Å². The van der Waals surface area contributed by atoms with Crippen molar-refractivity contribution in [1.29, 1.82) is 0 Å². The molecule has 1 aliphatic carbocycles. The fraction of sp³-hybridized carbons (Fsp3) is 0.600. The Balaban J connectivity index is 2.37. The van der Waals surface area contributed by atoms with Gasteiger partial charge in [-0.3, -0.25) is 4.55 Å². The third-order valence-electron chi connectivity index (χ3n) is 4.36. The van der Waals surface area contributed by atoms with Gasteiger partial charge in [-0.05, 0) is 30.5 Å². The summed E-state index contributed by atoms with van der Waals surface area (Å²) in [5.41, 5.74) is 5.83. The topological polar surface area (TPSA) is 98.9 Å². The molecule has 0 radical (unpaired) electrons. The van der Waals surface area contributed by atoms with Crippen molar-refractivity contribution in [3.05, 3.63) is 29.8 Å². The molecule has 1 aromatic carbocycles. The normalized spacial score (nSPS) is 19.6. The Kier molecular flexibility index (Phi) is 5.44. The van der Waals surface area contributed by atoms with Crippen molar-refractivity contribution in [1.82, 2.24) is 0 Å². The first-order chi connectivity index (χ1) is 10.4. The smallest absolute Gasteiger partial charge is 0.397 e. The highest BCUT2D eigenvalue weighted by Gasteiger charge is 2.44. The molecule has 0 spiro atoms. The first-order valence-electron chi connectivity index (χ1n) is 7.42. The van der Waals surface area contributed by atoms with Crippen LogP contribution in [0.5, 0.6) is 5.75 Å². The van der Waals surface area contributed by atoms with Gasteiger partial charge >= 0.3 is 10.4 Å². The molecule has 7 heteroatoms. The van der Waals surface area contributed by atoms with Gasteiger partial charge < -0.3 is 10.5 Å². The highest BCUT2D eigenvalue weighted by molar-refractivity contribution is 7.80. The molecule has 1 unspecified atom stereocenters. The highest BCUT2D eigenvalue weighted by atomic mass is 32.3.